The van der Waals surface area contributed by atoms with E-state index in [9.17, 15) is 26.4 Å². The van der Waals surface area contributed by atoms with Crippen molar-refractivity contribution in [2.45, 2.75) is 62.7 Å². The monoisotopic (exact) mass is 422 g/mol. The minimum atomic E-state index is -4.52. The third-order valence-corrected chi connectivity index (χ3v) is 5.76. The van der Waals surface area contributed by atoms with Gasteiger partial charge in [-0.1, -0.05) is 0 Å². The number of carbonyl (C=O) groups excluding carboxylic acids is 1. The zero-order valence-corrected chi connectivity index (χ0v) is 16.8. The molecule has 1 saturated carbocycles. The first-order chi connectivity index (χ1) is 12.8. The Kier molecular flexibility index (Phi) is 6.65. The van der Waals surface area contributed by atoms with E-state index in [0.29, 0.717) is 12.8 Å². The van der Waals surface area contributed by atoms with Gasteiger partial charge in [-0.25, -0.2) is 17.9 Å². The molecule has 0 saturated heterocycles. The van der Waals surface area contributed by atoms with Crippen LogP contribution in [0.5, 0.6) is 0 Å². The summed E-state index contributed by atoms with van der Waals surface area (Å²) in [6.07, 6.45) is -3.02. The maximum atomic E-state index is 12.6. The summed E-state index contributed by atoms with van der Waals surface area (Å²) in [6.45, 7) is 5.44. The van der Waals surface area contributed by atoms with E-state index in [0.717, 1.165) is 30.7 Å². The predicted molar refractivity (Wildman–Crippen MR) is 97.1 cm³/mol. The number of alkyl carbamates (subject to hydrolysis) is 1. The maximum absolute atomic E-state index is 12.6. The highest BCUT2D eigenvalue weighted by atomic mass is 32.2. The quantitative estimate of drug-likeness (QED) is 0.758. The molecule has 0 spiro atoms. The number of halogens is 3. The normalized spacial score (nSPS) is 20.8. The Hall–Kier alpha value is -1.81. The number of benzene rings is 1. The Morgan fingerprint density at radius 3 is 2.29 bits per heavy atom. The van der Waals surface area contributed by atoms with E-state index in [1.165, 1.54) is 0 Å². The number of hydrogen-bond donors (Lipinski definition) is 2. The molecule has 6 nitrogen and oxygen atoms in total. The largest absolute Gasteiger partial charge is 0.444 e. The molecule has 1 aliphatic carbocycles. The Morgan fingerprint density at radius 2 is 1.75 bits per heavy atom. The van der Waals surface area contributed by atoms with Crippen LogP contribution in [0.2, 0.25) is 0 Å². The highest BCUT2D eigenvalue weighted by Gasteiger charge is 2.31. The number of sulfonamides is 1. The molecule has 2 atom stereocenters. The van der Waals surface area contributed by atoms with Crippen LogP contribution in [0.4, 0.5) is 18.0 Å². The molecule has 2 rings (SSSR count). The highest BCUT2D eigenvalue weighted by molar-refractivity contribution is 7.89. The molecule has 0 aromatic heterocycles. The second kappa shape index (κ2) is 8.28. The Bertz CT molecular complexity index is 787. The van der Waals surface area contributed by atoms with Crippen LogP contribution >= 0.6 is 0 Å². The molecule has 1 fully saturated rings. The number of hydrogen-bond acceptors (Lipinski definition) is 4. The summed E-state index contributed by atoms with van der Waals surface area (Å²) in [6, 6.07) is 3.25. The molecule has 1 amide bonds. The first-order valence-corrected chi connectivity index (χ1v) is 10.4. The molecule has 0 bridgehead atoms. The van der Waals surface area contributed by atoms with Crippen LogP contribution in [-0.2, 0) is 20.9 Å². The van der Waals surface area contributed by atoms with Crippen LogP contribution < -0.4 is 10.0 Å². The molecule has 0 aliphatic heterocycles. The first-order valence-electron chi connectivity index (χ1n) is 8.93. The van der Waals surface area contributed by atoms with Gasteiger partial charge >= 0.3 is 12.3 Å². The van der Waals surface area contributed by atoms with E-state index in [4.69, 9.17) is 4.74 Å². The van der Waals surface area contributed by atoms with Gasteiger partial charge in [-0.15, -0.1) is 0 Å². The van der Waals surface area contributed by atoms with Crippen LogP contribution in [0.1, 0.15) is 45.6 Å². The molecule has 1 aromatic rings. The summed E-state index contributed by atoms with van der Waals surface area (Å²) >= 11 is 0. The van der Waals surface area contributed by atoms with Crippen LogP contribution in [-0.4, -0.2) is 32.7 Å². The van der Waals surface area contributed by atoms with Gasteiger partial charge in [0.05, 0.1) is 10.5 Å². The Morgan fingerprint density at radius 1 is 1.14 bits per heavy atom. The molecular weight excluding hydrogens is 397 g/mol. The van der Waals surface area contributed by atoms with Gasteiger partial charge in [-0.05, 0) is 70.2 Å². The van der Waals surface area contributed by atoms with Gasteiger partial charge < -0.3 is 10.1 Å². The lowest BCUT2D eigenvalue weighted by Crippen LogP contribution is -2.38. The second-order valence-corrected chi connectivity index (χ2v) is 9.66. The van der Waals surface area contributed by atoms with Gasteiger partial charge in [0.25, 0.3) is 0 Å². The zero-order valence-electron chi connectivity index (χ0n) is 16.0. The predicted octanol–water partition coefficient (Wildman–Crippen LogP) is 3.68. The Balaban J connectivity index is 1.86. The van der Waals surface area contributed by atoms with Crippen molar-refractivity contribution in [2.75, 3.05) is 6.54 Å². The lowest BCUT2D eigenvalue weighted by molar-refractivity contribution is -0.137. The van der Waals surface area contributed by atoms with E-state index < -0.39 is 33.5 Å². The van der Waals surface area contributed by atoms with Gasteiger partial charge in [-0.3, -0.25) is 0 Å². The lowest BCUT2D eigenvalue weighted by Gasteiger charge is -2.21. The van der Waals surface area contributed by atoms with E-state index in [2.05, 4.69) is 10.0 Å². The van der Waals surface area contributed by atoms with Crippen molar-refractivity contribution in [1.82, 2.24) is 10.0 Å². The number of rotatable bonds is 5. The average molecular weight is 422 g/mol. The molecule has 2 N–H and O–H groups in total. The number of nitrogens with one attached hydrogen (secondary N) is 2. The third kappa shape index (κ3) is 6.66. The van der Waals surface area contributed by atoms with Crippen LogP contribution in [0.3, 0.4) is 0 Å². The molecule has 28 heavy (non-hydrogen) atoms. The van der Waals surface area contributed by atoms with E-state index >= 15 is 0 Å². The molecule has 0 unspecified atom stereocenters. The van der Waals surface area contributed by atoms with Crippen LogP contribution in [0, 0.1) is 5.92 Å². The number of alkyl halides is 3. The standard InChI is InChI=1S/C18H25F3N2O4S/c1-17(2,3)27-16(24)23-14-7-4-12(10-14)11-22-28(25,26)15-8-5-13(6-9-15)18(19,20)21/h5-6,8-9,12,14,22H,4,7,10-11H2,1-3H3,(H,23,24)/t12-,14+/m1/s1. The zero-order chi connectivity index (χ0) is 21.2. The van der Waals surface area contributed by atoms with Crippen LogP contribution in [0.25, 0.3) is 0 Å². The topological polar surface area (TPSA) is 84.5 Å². The highest BCUT2D eigenvalue weighted by Crippen LogP contribution is 2.30. The summed E-state index contributed by atoms with van der Waals surface area (Å²) in [5, 5.41) is 2.77. The van der Waals surface area contributed by atoms with E-state index in [1.807, 2.05) is 0 Å². The van der Waals surface area contributed by atoms with Crippen molar-refractivity contribution in [3.63, 3.8) is 0 Å². The first kappa shape index (κ1) is 22.5. The molecule has 158 valence electrons. The van der Waals surface area contributed by atoms with E-state index in [-0.39, 0.29) is 23.4 Å². The summed E-state index contributed by atoms with van der Waals surface area (Å²) in [5.74, 6) is 0.0177. The van der Waals surface area contributed by atoms with E-state index in [1.54, 1.807) is 20.8 Å². The second-order valence-electron chi connectivity index (χ2n) is 7.90. The summed E-state index contributed by atoms with van der Waals surface area (Å²) < 4.78 is 69.9. The third-order valence-electron chi connectivity index (χ3n) is 4.32. The Labute approximate surface area is 162 Å². The van der Waals surface area contributed by atoms with Gasteiger partial charge in [0.2, 0.25) is 10.0 Å². The van der Waals surface area contributed by atoms with Crippen molar-refractivity contribution in [2.24, 2.45) is 5.92 Å². The van der Waals surface area contributed by atoms with Crippen molar-refractivity contribution in [3.8, 4) is 0 Å². The summed E-state index contributed by atoms with van der Waals surface area (Å²) in [5.41, 5.74) is -1.50. The van der Waals surface area contributed by atoms with Gasteiger partial charge in [0, 0.05) is 12.6 Å². The van der Waals surface area contributed by atoms with Crippen molar-refractivity contribution in [3.05, 3.63) is 29.8 Å². The van der Waals surface area contributed by atoms with Crippen molar-refractivity contribution < 1.29 is 31.1 Å². The van der Waals surface area contributed by atoms with Crippen molar-refractivity contribution >= 4 is 16.1 Å². The summed E-state index contributed by atoms with van der Waals surface area (Å²) in [4.78, 5) is 11.6. The fraction of sp³-hybridized carbons (Fsp3) is 0.611. The fourth-order valence-electron chi connectivity index (χ4n) is 3.00. The van der Waals surface area contributed by atoms with Gasteiger partial charge in [0.1, 0.15) is 5.60 Å². The number of ether oxygens (including phenoxy) is 1. The van der Waals surface area contributed by atoms with Gasteiger partial charge in [-0.2, -0.15) is 13.2 Å². The minimum Gasteiger partial charge on any atom is -0.444 e. The SMILES string of the molecule is CC(C)(C)OC(=O)N[C@H]1CC[C@@H](CNS(=O)(=O)c2ccc(C(F)(F)F)cc2)C1. The van der Waals surface area contributed by atoms with Crippen molar-refractivity contribution in [1.29, 1.82) is 0 Å². The molecule has 0 radical (unpaired) electrons. The molecule has 1 aromatic carbocycles. The lowest BCUT2D eigenvalue weighted by atomic mass is 10.1. The number of amides is 1. The maximum Gasteiger partial charge on any atom is 0.416 e. The number of carbonyl (C=O) groups is 1. The molecule has 0 heterocycles. The molecule has 1 aliphatic rings. The summed E-state index contributed by atoms with van der Waals surface area (Å²) in [7, 11) is -3.90. The molecule has 10 heteroatoms. The van der Waals surface area contributed by atoms with Crippen LogP contribution in [0.15, 0.2) is 29.2 Å². The average Bonchev–Trinajstić information content (AvgIpc) is 2.98. The van der Waals surface area contributed by atoms with Gasteiger partial charge in [0.15, 0.2) is 0 Å². The smallest absolute Gasteiger partial charge is 0.416 e. The molecular formula is C18H25F3N2O4S. The minimum absolute atomic E-state index is 0.0177. The fourth-order valence-corrected chi connectivity index (χ4v) is 4.12.